The van der Waals surface area contributed by atoms with Gasteiger partial charge in [-0.1, -0.05) is 0 Å². The molecule has 12 heavy (non-hydrogen) atoms. The maximum atomic E-state index is 5.35. The molecule has 0 atom stereocenters. The molecule has 0 saturated heterocycles. The zero-order valence-corrected chi connectivity index (χ0v) is 7.14. The molecule has 0 bridgehead atoms. The van der Waals surface area contributed by atoms with E-state index in [0.29, 0.717) is 6.61 Å². The first-order valence-corrected chi connectivity index (χ1v) is 4.43. The Morgan fingerprint density at radius 1 is 1.50 bits per heavy atom. The van der Waals surface area contributed by atoms with Gasteiger partial charge in [-0.3, -0.25) is 0 Å². The van der Waals surface area contributed by atoms with E-state index in [4.69, 9.17) is 9.15 Å². The van der Waals surface area contributed by atoms with E-state index in [1.165, 1.54) is 11.3 Å². The largest absolute Gasteiger partial charge is 0.484 e. The molecular formula is C9H7O2S. The van der Waals surface area contributed by atoms with E-state index in [2.05, 4.69) is 5.38 Å². The molecule has 0 aliphatic heterocycles. The highest BCUT2D eigenvalue weighted by Gasteiger charge is 1.97. The van der Waals surface area contributed by atoms with Gasteiger partial charge in [0.1, 0.15) is 18.1 Å². The van der Waals surface area contributed by atoms with Crippen LogP contribution in [-0.4, -0.2) is 0 Å². The van der Waals surface area contributed by atoms with Gasteiger partial charge in [-0.05, 0) is 23.6 Å². The van der Waals surface area contributed by atoms with Crippen molar-refractivity contribution in [1.82, 2.24) is 0 Å². The first-order chi connectivity index (χ1) is 5.95. The van der Waals surface area contributed by atoms with Crippen LogP contribution in [0, 0.1) is 5.38 Å². The molecule has 2 heterocycles. The van der Waals surface area contributed by atoms with Crippen LogP contribution in [0.1, 0.15) is 5.76 Å². The van der Waals surface area contributed by atoms with Gasteiger partial charge in [-0.15, -0.1) is 11.3 Å². The fourth-order valence-corrected chi connectivity index (χ4v) is 1.35. The van der Waals surface area contributed by atoms with Crippen molar-refractivity contribution in [1.29, 1.82) is 0 Å². The minimum absolute atomic E-state index is 0.472. The highest BCUT2D eigenvalue weighted by Crippen LogP contribution is 2.15. The van der Waals surface area contributed by atoms with E-state index in [1.807, 2.05) is 23.6 Å². The summed E-state index contributed by atoms with van der Waals surface area (Å²) in [5.41, 5.74) is 0. The maximum absolute atomic E-state index is 5.35. The van der Waals surface area contributed by atoms with Gasteiger partial charge >= 0.3 is 0 Å². The molecule has 2 aromatic rings. The second-order valence-corrected chi connectivity index (χ2v) is 2.97. The van der Waals surface area contributed by atoms with Crippen LogP contribution < -0.4 is 4.74 Å². The first-order valence-electron chi connectivity index (χ1n) is 3.55. The molecule has 61 valence electrons. The molecule has 2 aromatic heterocycles. The molecule has 0 saturated carbocycles. The SMILES string of the molecule is [c]1sccc1OCc1ccco1. The van der Waals surface area contributed by atoms with Crippen molar-refractivity contribution < 1.29 is 9.15 Å². The summed E-state index contributed by atoms with van der Waals surface area (Å²) in [6, 6.07) is 5.61. The summed E-state index contributed by atoms with van der Waals surface area (Å²) >= 11 is 1.50. The minimum Gasteiger partial charge on any atom is -0.484 e. The third-order valence-electron chi connectivity index (χ3n) is 1.40. The lowest BCUT2D eigenvalue weighted by Crippen LogP contribution is -1.91. The Morgan fingerprint density at radius 2 is 2.50 bits per heavy atom. The lowest BCUT2D eigenvalue weighted by Gasteiger charge is -1.98. The van der Waals surface area contributed by atoms with Crippen molar-refractivity contribution in [3.05, 3.63) is 41.0 Å². The van der Waals surface area contributed by atoms with E-state index >= 15 is 0 Å². The molecule has 1 radical (unpaired) electrons. The Bertz CT molecular complexity index is 276. The predicted octanol–water partition coefficient (Wildman–Crippen LogP) is 2.72. The van der Waals surface area contributed by atoms with Crippen LogP contribution >= 0.6 is 11.3 Å². The number of thiophene rings is 1. The topological polar surface area (TPSA) is 22.4 Å². The van der Waals surface area contributed by atoms with Gasteiger partial charge in [-0.25, -0.2) is 0 Å². The van der Waals surface area contributed by atoms with Crippen molar-refractivity contribution in [2.75, 3.05) is 0 Å². The molecule has 0 unspecified atom stereocenters. The molecule has 0 aliphatic rings. The van der Waals surface area contributed by atoms with Crippen LogP contribution in [0.5, 0.6) is 5.75 Å². The molecule has 0 aliphatic carbocycles. The van der Waals surface area contributed by atoms with Crippen molar-refractivity contribution in [3.63, 3.8) is 0 Å². The zero-order chi connectivity index (χ0) is 8.23. The quantitative estimate of drug-likeness (QED) is 0.722. The van der Waals surface area contributed by atoms with Gasteiger partial charge < -0.3 is 9.15 Å². The van der Waals surface area contributed by atoms with Crippen molar-refractivity contribution in [2.24, 2.45) is 0 Å². The Balaban J connectivity index is 1.91. The molecule has 3 heteroatoms. The van der Waals surface area contributed by atoms with Crippen molar-refractivity contribution in [3.8, 4) is 5.75 Å². The number of ether oxygens (including phenoxy) is 1. The molecule has 2 rings (SSSR count). The van der Waals surface area contributed by atoms with Crippen LogP contribution in [0.25, 0.3) is 0 Å². The summed E-state index contributed by atoms with van der Waals surface area (Å²) in [5, 5.41) is 4.91. The molecule has 2 nitrogen and oxygen atoms in total. The van der Waals surface area contributed by atoms with E-state index in [0.717, 1.165) is 11.5 Å². The molecular weight excluding hydrogens is 172 g/mol. The summed E-state index contributed by atoms with van der Waals surface area (Å²) in [6.45, 7) is 0.472. The second-order valence-electron chi connectivity index (χ2n) is 2.25. The third-order valence-corrected chi connectivity index (χ3v) is 1.99. The van der Waals surface area contributed by atoms with Gasteiger partial charge in [0.15, 0.2) is 0 Å². The minimum atomic E-state index is 0.472. The third kappa shape index (κ3) is 1.68. The molecule has 0 N–H and O–H groups in total. The summed E-state index contributed by atoms with van der Waals surface area (Å²) in [7, 11) is 0. The van der Waals surface area contributed by atoms with Crippen molar-refractivity contribution in [2.45, 2.75) is 6.61 Å². The summed E-state index contributed by atoms with van der Waals surface area (Å²) < 4.78 is 10.4. The van der Waals surface area contributed by atoms with Gasteiger partial charge in [0.2, 0.25) is 0 Å². The Labute approximate surface area is 74.4 Å². The Kier molecular flexibility index (Phi) is 2.14. The van der Waals surface area contributed by atoms with Crippen molar-refractivity contribution >= 4 is 11.3 Å². The number of hydrogen-bond donors (Lipinski definition) is 0. The lowest BCUT2D eigenvalue weighted by molar-refractivity contribution is 0.271. The highest BCUT2D eigenvalue weighted by atomic mass is 32.1. The summed E-state index contributed by atoms with van der Waals surface area (Å²) in [6.07, 6.45) is 1.63. The van der Waals surface area contributed by atoms with Gasteiger partial charge in [0.05, 0.1) is 11.6 Å². The van der Waals surface area contributed by atoms with Crippen LogP contribution in [0.15, 0.2) is 34.3 Å². The normalized spacial score (nSPS) is 10.0. The Morgan fingerprint density at radius 3 is 3.17 bits per heavy atom. The van der Waals surface area contributed by atoms with Crippen LogP contribution in [0.2, 0.25) is 0 Å². The molecule has 0 fully saturated rings. The fourth-order valence-electron chi connectivity index (χ4n) is 0.843. The first kappa shape index (κ1) is 7.43. The van der Waals surface area contributed by atoms with E-state index < -0.39 is 0 Å². The maximum Gasteiger partial charge on any atom is 0.146 e. The van der Waals surface area contributed by atoms with Crippen LogP contribution in [0.4, 0.5) is 0 Å². The fraction of sp³-hybridized carbons (Fsp3) is 0.111. The number of furan rings is 1. The van der Waals surface area contributed by atoms with Crippen LogP contribution in [0.3, 0.4) is 0 Å². The number of hydrogen-bond acceptors (Lipinski definition) is 3. The van der Waals surface area contributed by atoms with Gasteiger partial charge in [-0.2, -0.15) is 0 Å². The number of rotatable bonds is 3. The second kappa shape index (κ2) is 3.45. The predicted molar refractivity (Wildman–Crippen MR) is 46.2 cm³/mol. The summed E-state index contributed by atoms with van der Waals surface area (Å²) in [4.78, 5) is 0. The molecule has 0 amide bonds. The Hall–Kier alpha value is -1.22. The molecule has 0 aromatic carbocycles. The average molecular weight is 179 g/mol. The molecule has 0 spiro atoms. The smallest absolute Gasteiger partial charge is 0.146 e. The lowest BCUT2D eigenvalue weighted by atomic mass is 10.5. The van der Waals surface area contributed by atoms with E-state index in [-0.39, 0.29) is 0 Å². The zero-order valence-electron chi connectivity index (χ0n) is 6.32. The van der Waals surface area contributed by atoms with E-state index in [9.17, 15) is 0 Å². The summed E-state index contributed by atoms with van der Waals surface area (Å²) in [5.74, 6) is 1.60. The average Bonchev–Trinajstić information content (AvgIpc) is 2.74. The van der Waals surface area contributed by atoms with Gasteiger partial charge in [0.25, 0.3) is 0 Å². The highest BCUT2D eigenvalue weighted by molar-refractivity contribution is 7.07. The van der Waals surface area contributed by atoms with E-state index in [1.54, 1.807) is 6.26 Å². The van der Waals surface area contributed by atoms with Gasteiger partial charge in [0, 0.05) is 0 Å². The standard InChI is InChI=1S/C9H7O2S/c1-2-8(10-4-1)6-11-9-3-5-12-7-9/h1-5H,6H2. The van der Waals surface area contributed by atoms with Crippen LogP contribution in [-0.2, 0) is 6.61 Å². The monoisotopic (exact) mass is 179 g/mol.